The summed E-state index contributed by atoms with van der Waals surface area (Å²) in [6, 6.07) is 7.92. The van der Waals surface area contributed by atoms with Gasteiger partial charge in [0.2, 0.25) is 0 Å². The Kier molecular flexibility index (Phi) is 6.83. The van der Waals surface area contributed by atoms with Gasteiger partial charge in [-0.25, -0.2) is 4.98 Å². The largest absolute Gasteiger partial charge is 0.480 e. The summed E-state index contributed by atoms with van der Waals surface area (Å²) in [6.45, 7) is 2.76. The Bertz CT molecular complexity index is 1290. The summed E-state index contributed by atoms with van der Waals surface area (Å²) in [5, 5.41) is 7.36. The first-order valence-corrected chi connectivity index (χ1v) is 12.9. The lowest BCUT2D eigenvalue weighted by molar-refractivity contribution is -0.118. The Morgan fingerprint density at radius 1 is 1.08 bits per heavy atom. The number of carbonyl (C=O) groups excluding carboxylic acids is 1. The molecule has 0 spiro atoms. The minimum absolute atomic E-state index is 0. The fourth-order valence-electron chi connectivity index (χ4n) is 6.11. The smallest absolute Gasteiger partial charge is 0.263 e. The van der Waals surface area contributed by atoms with E-state index in [0.717, 1.165) is 45.8 Å². The second-order valence-electron chi connectivity index (χ2n) is 10.5. The molecule has 0 radical (unpaired) electrons. The van der Waals surface area contributed by atoms with Crippen LogP contribution in [0.2, 0.25) is 5.02 Å². The predicted molar refractivity (Wildman–Crippen MR) is 143 cm³/mol. The minimum atomic E-state index is -0.156. The van der Waals surface area contributed by atoms with Gasteiger partial charge in [0.15, 0.2) is 18.2 Å². The maximum Gasteiger partial charge on any atom is 0.263 e. The van der Waals surface area contributed by atoms with Crippen molar-refractivity contribution in [3.8, 4) is 5.75 Å². The first kappa shape index (κ1) is 25.2. The van der Waals surface area contributed by atoms with Crippen LogP contribution in [-0.2, 0) is 17.8 Å². The van der Waals surface area contributed by atoms with E-state index in [-0.39, 0.29) is 30.5 Å². The predicted octanol–water partition coefficient (Wildman–Crippen LogP) is 5.55. The summed E-state index contributed by atoms with van der Waals surface area (Å²) in [6.07, 6.45) is 11.1. The van der Waals surface area contributed by atoms with Crippen LogP contribution < -0.4 is 15.4 Å². The molecule has 0 unspecified atom stereocenters. The molecule has 2 bridgehead atoms. The molecule has 2 N–H and O–H groups in total. The number of hydrogen-bond donors (Lipinski definition) is 2. The van der Waals surface area contributed by atoms with Gasteiger partial charge in [0, 0.05) is 29.5 Å². The first-order valence-electron chi connectivity index (χ1n) is 12.5. The molecule has 3 aromatic rings. The van der Waals surface area contributed by atoms with Gasteiger partial charge < -0.3 is 15.4 Å². The number of anilines is 1. The lowest BCUT2D eigenvalue weighted by Gasteiger charge is -2.54. The number of carbonyl (C=O) groups is 1. The zero-order valence-electron chi connectivity index (χ0n) is 20.4. The number of aromatic nitrogens is 3. The molecule has 4 heterocycles. The lowest BCUT2D eigenvalue weighted by Crippen LogP contribution is -2.54. The maximum atomic E-state index is 11.6. The molecule has 3 aromatic heterocycles. The molecule has 0 aromatic carbocycles. The summed E-state index contributed by atoms with van der Waals surface area (Å²) in [7, 11) is 0. The Morgan fingerprint density at radius 2 is 1.86 bits per heavy atom. The van der Waals surface area contributed by atoms with Crippen LogP contribution in [0.5, 0.6) is 5.75 Å². The first-order chi connectivity index (χ1) is 16.9. The summed E-state index contributed by atoms with van der Waals surface area (Å²) in [5.74, 6) is 1.01. The monoisotopic (exact) mass is 527 g/mol. The summed E-state index contributed by atoms with van der Waals surface area (Å²) in [5.41, 5.74) is 5.51. The maximum absolute atomic E-state index is 11.6. The highest BCUT2D eigenvalue weighted by molar-refractivity contribution is 6.32. The number of amides is 1. The van der Waals surface area contributed by atoms with Crippen molar-refractivity contribution in [2.75, 3.05) is 11.9 Å². The Morgan fingerprint density at radius 3 is 2.64 bits per heavy atom. The number of nitrogens with zero attached hydrogens (tertiary/aromatic N) is 3. The lowest BCUT2D eigenvalue weighted by atomic mass is 9.55. The van der Waals surface area contributed by atoms with Crippen molar-refractivity contribution in [3.63, 3.8) is 0 Å². The van der Waals surface area contributed by atoms with E-state index in [1.54, 1.807) is 6.20 Å². The van der Waals surface area contributed by atoms with E-state index in [2.05, 4.69) is 20.6 Å². The molecule has 1 aliphatic heterocycles. The van der Waals surface area contributed by atoms with Gasteiger partial charge in [0.1, 0.15) is 0 Å². The summed E-state index contributed by atoms with van der Waals surface area (Å²) < 4.78 is 5.42. The van der Waals surface area contributed by atoms with E-state index < -0.39 is 0 Å². The molecule has 3 fully saturated rings. The molecule has 36 heavy (non-hydrogen) atoms. The normalized spacial score (nSPS) is 24.6. The van der Waals surface area contributed by atoms with E-state index in [9.17, 15) is 4.79 Å². The highest BCUT2D eigenvalue weighted by Crippen LogP contribution is 2.54. The van der Waals surface area contributed by atoms with Crippen molar-refractivity contribution in [1.82, 2.24) is 20.3 Å². The number of rotatable bonds is 6. The van der Waals surface area contributed by atoms with Crippen molar-refractivity contribution >= 4 is 46.8 Å². The highest BCUT2D eigenvalue weighted by atomic mass is 35.5. The number of aryl methyl sites for hydroxylation is 2. The van der Waals surface area contributed by atoms with Crippen molar-refractivity contribution in [2.24, 2.45) is 5.41 Å². The van der Waals surface area contributed by atoms with Crippen LogP contribution in [0.25, 0.3) is 11.0 Å². The van der Waals surface area contributed by atoms with Gasteiger partial charge in [-0.05, 0) is 88.0 Å². The molecule has 4 aliphatic rings. The molecule has 3 aliphatic carbocycles. The fraction of sp³-hybridized carbons (Fsp3) is 0.481. The zero-order valence-corrected chi connectivity index (χ0v) is 22.0. The number of halogens is 2. The second-order valence-corrected chi connectivity index (χ2v) is 10.9. The molecule has 3 saturated carbocycles. The number of hydrogen-bond acceptors (Lipinski definition) is 6. The molecule has 0 saturated heterocycles. The van der Waals surface area contributed by atoms with Gasteiger partial charge in [0.05, 0.1) is 21.7 Å². The minimum Gasteiger partial charge on any atom is -0.480 e. The van der Waals surface area contributed by atoms with E-state index in [0.29, 0.717) is 23.5 Å². The van der Waals surface area contributed by atoms with Crippen molar-refractivity contribution in [2.45, 2.75) is 70.4 Å². The molecule has 7 nitrogen and oxygen atoms in total. The van der Waals surface area contributed by atoms with Crippen LogP contribution in [0.1, 0.15) is 61.9 Å². The molecular formula is C27H31Cl2N5O2. The Hall–Kier alpha value is -2.48. The van der Waals surface area contributed by atoms with E-state index in [4.69, 9.17) is 21.3 Å². The van der Waals surface area contributed by atoms with Crippen LogP contribution in [-0.4, -0.2) is 33.0 Å². The van der Waals surface area contributed by atoms with Gasteiger partial charge in [-0.2, -0.15) is 0 Å². The average Bonchev–Trinajstić information content (AvgIpc) is 2.88. The second kappa shape index (κ2) is 9.77. The third kappa shape index (κ3) is 4.76. The van der Waals surface area contributed by atoms with Gasteiger partial charge in [-0.3, -0.25) is 14.8 Å². The van der Waals surface area contributed by atoms with Crippen LogP contribution in [0, 0.1) is 12.3 Å². The van der Waals surface area contributed by atoms with E-state index in [1.807, 2.05) is 31.2 Å². The van der Waals surface area contributed by atoms with Gasteiger partial charge in [0.25, 0.3) is 5.91 Å². The quantitative estimate of drug-likeness (QED) is 0.436. The topological polar surface area (TPSA) is 89.0 Å². The number of nitrogens with one attached hydrogen (secondary N) is 2. The highest BCUT2D eigenvalue weighted by Gasteiger charge is 2.48. The van der Waals surface area contributed by atoms with Crippen LogP contribution in [0.15, 0.2) is 30.5 Å². The van der Waals surface area contributed by atoms with Gasteiger partial charge in [-0.1, -0.05) is 11.6 Å². The van der Waals surface area contributed by atoms with Crippen molar-refractivity contribution in [3.05, 3.63) is 52.4 Å². The van der Waals surface area contributed by atoms with Crippen LogP contribution in [0.3, 0.4) is 0 Å². The Labute approximate surface area is 222 Å². The standard InChI is InChI=1S/C27H30ClN5O2.ClH/c1-17-2-4-21-24(31-17)19(20(28)15-29-21)6-7-26-8-11-27(12-9-26,13-10-26)30-14-18-3-5-22-25(32-18)33-23(34)16-35-22;/h2-5,15,30H,6-14,16H2,1H3,(H,32,33,34);1H. The summed E-state index contributed by atoms with van der Waals surface area (Å²) >= 11 is 6.60. The van der Waals surface area contributed by atoms with E-state index >= 15 is 0 Å². The van der Waals surface area contributed by atoms with E-state index in [1.165, 1.54) is 38.5 Å². The Balaban J connectivity index is 0.00000267. The number of ether oxygens (including phenoxy) is 1. The third-order valence-electron chi connectivity index (χ3n) is 8.39. The van der Waals surface area contributed by atoms with Gasteiger partial charge >= 0.3 is 0 Å². The fourth-order valence-corrected chi connectivity index (χ4v) is 6.34. The number of pyridine rings is 3. The summed E-state index contributed by atoms with van der Waals surface area (Å²) in [4.78, 5) is 25.4. The molecular weight excluding hydrogens is 497 g/mol. The molecule has 0 atom stereocenters. The van der Waals surface area contributed by atoms with Gasteiger partial charge in [-0.15, -0.1) is 12.4 Å². The molecule has 1 amide bonds. The van der Waals surface area contributed by atoms with Crippen molar-refractivity contribution < 1.29 is 9.53 Å². The van der Waals surface area contributed by atoms with Crippen LogP contribution >= 0.6 is 24.0 Å². The zero-order chi connectivity index (χ0) is 24.0. The van der Waals surface area contributed by atoms with Crippen LogP contribution in [0.4, 0.5) is 5.82 Å². The number of fused-ring (bicyclic) bond motifs is 5. The SMILES string of the molecule is Cc1ccc2ncc(Cl)c(CCC34CCC(NCc5ccc6c(n5)NC(=O)CO6)(CC3)CC4)c2n1.Cl. The molecule has 190 valence electrons. The molecule has 9 heteroatoms. The molecule has 7 rings (SSSR count). The van der Waals surface area contributed by atoms with Crippen molar-refractivity contribution in [1.29, 1.82) is 0 Å². The third-order valence-corrected chi connectivity index (χ3v) is 8.71. The average molecular weight is 528 g/mol.